The molecular weight excluding hydrogens is 116 g/mol. The van der Waals surface area contributed by atoms with Crippen LogP contribution in [0.1, 0.15) is 26.7 Å². The van der Waals surface area contributed by atoms with Gasteiger partial charge in [-0.15, -0.1) is 0 Å². The van der Waals surface area contributed by atoms with Crippen LogP contribution in [0.5, 0.6) is 0 Å². The molecule has 0 bridgehead atoms. The van der Waals surface area contributed by atoms with Gasteiger partial charge in [-0.2, -0.15) is 0 Å². The summed E-state index contributed by atoms with van der Waals surface area (Å²) < 4.78 is 0. The number of thiocarbonyl (C=S) groups is 1. The van der Waals surface area contributed by atoms with Gasteiger partial charge in [-0.3, -0.25) is 0 Å². The molecule has 0 saturated heterocycles. The Balaban J connectivity index is 3.66. The van der Waals surface area contributed by atoms with Crippen LogP contribution in [-0.4, -0.2) is 5.37 Å². The van der Waals surface area contributed by atoms with Crippen molar-refractivity contribution in [3.05, 3.63) is 11.6 Å². The first-order valence-electron chi connectivity index (χ1n) is 2.98. The molecule has 0 atom stereocenters. The average molecular weight is 128 g/mol. The summed E-state index contributed by atoms with van der Waals surface area (Å²) in [4.78, 5) is 0. The SMILES string of the molecule is CCC(=CC=S)CC. The van der Waals surface area contributed by atoms with E-state index in [0.29, 0.717) is 0 Å². The van der Waals surface area contributed by atoms with Crippen molar-refractivity contribution in [2.45, 2.75) is 26.7 Å². The molecule has 0 aliphatic heterocycles. The van der Waals surface area contributed by atoms with Crippen molar-refractivity contribution in [2.24, 2.45) is 0 Å². The van der Waals surface area contributed by atoms with Crippen molar-refractivity contribution < 1.29 is 0 Å². The molecule has 0 rings (SSSR count). The Morgan fingerprint density at radius 1 is 1.38 bits per heavy atom. The van der Waals surface area contributed by atoms with Crippen LogP contribution in [0.3, 0.4) is 0 Å². The molecule has 0 N–H and O–H groups in total. The van der Waals surface area contributed by atoms with Gasteiger partial charge in [0.1, 0.15) is 0 Å². The first-order chi connectivity index (χ1) is 3.85. The maximum absolute atomic E-state index is 4.66. The molecule has 0 spiro atoms. The summed E-state index contributed by atoms with van der Waals surface area (Å²) in [6.07, 6.45) is 4.27. The predicted molar refractivity (Wildman–Crippen MR) is 42.3 cm³/mol. The Bertz CT molecular complexity index is 86.6. The summed E-state index contributed by atoms with van der Waals surface area (Å²) in [7, 11) is 0. The standard InChI is InChI=1S/C7H12S/c1-3-7(4-2)5-6-8/h5-6H,3-4H2,1-2H3. The van der Waals surface area contributed by atoms with E-state index in [1.807, 2.05) is 6.08 Å². The first kappa shape index (κ1) is 7.83. The molecule has 1 heteroatoms. The number of hydrogen-bond donors (Lipinski definition) is 0. The molecule has 0 fully saturated rings. The lowest BCUT2D eigenvalue weighted by Gasteiger charge is -1.93. The highest BCUT2D eigenvalue weighted by molar-refractivity contribution is 7.79. The predicted octanol–water partition coefficient (Wildman–Crippen LogP) is 2.73. The second-order valence-corrected chi connectivity index (χ2v) is 1.94. The molecule has 8 heavy (non-hydrogen) atoms. The molecule has 0 unspecified atom stereocenters. The largest absolute Gasteiger partial charge is 0.0887 e. The van der Waals surface area contributed by atoms with Crippen LogP contribution >= 0.6 is 12.2 Å². The molecule has 46 valence electrons. The lowest BCUT2D eigenvalue weighted by atomic mass is 10.1. The third kappa shape index (κ3) is 2.92. The molecule has 0 amide bonds. The third-order valence-electron chi connectivity index (χ3n) is 1.21. The molecule has 0 nitrogen and oxygen atoms in total. The van der Waals surface area contributed by atoms with Gasteiger partial charge < -0.3 is 0 Å². The zero-order valence-corrected chi connectivity index (χ0v) is 6.29. The van der Waals surface area contributed by atoms with Gasteiger partial charge in [0.05, 0.1) is 0 Å². The fourth-order valence-corrected chi connectivity index (χ4v) is 0.774. The lowest BCUT2D eigenvalue weighted by molar-refractivity contribution is 0.982. The molecule has 0 aliphatic carbocycles. The maximum Gasteiger partial charge on any atom is 0.00130 e. The quantitative estimate of drug-likeness (QED) is 0.416. The van der Waals surface area contributed by atoms with Crippen LogP contribution < -0.4 is 0 Å². The fraction of sp³-hybridized carbons (Fsp3) is 0.571. The van der Waals surface area contributed by atoms with Gasteiger partial charge in [-0.1, -0.05) is 37.7 Å². The second-order valence-electron chi connectivity index (χ2n) is 1.67. The number of allylic oxidation sites excluding steroid dienone is 2. The zero-order chi connectivity index (χ0) is 6.41. The minimum atomic E-state index is 1.13. The smallest absolute Gasteiger partial charge is 0.00130 e. The van der Waals surface area contributed by atoms with Gasteiger partial charge in [0.2, 0.25) is 0 Å². The Kier molecular flexibility index (Phi) is 4.87. The van der Waals surface area contributed by atoms with Crippen LogP contribution in [0.4, 0.5) is 0 Å². The summed E-state index contributed by atoms with van der Waals surface area (Å²) in [5, 5.41) is 1.68. The highest BCUT2D eigenvalue weighted by Gasteiger charge is 1.83. The summed E-state index contributed by atoms with van der Waals surface area (Å²) in [6, 6.07) is 0. The molecule has 0 aliphatic rings. The highest BCUT2D eigenvalue weighted by atomic mass is 32.1. The summed E-state index contributed by atoms with van der Waals surface area (Å²) >= 11 is 4.66. The van der Waals surface area contributed by atoms with Crippen molar-refractivity contribution in [2.75, 3.05) is 0 Å². The van der Waals surface area contributed by atoms with E-state index in [9.17, 15) is 0 Å². The Morgan fingerprint density at radius 3 is 2.00 bits per heavy atom. The van der Waals surface area contributed by atoms with Gasteiger partial charge in [0, 0.05) is 5.37 Å². The van der Waals surface area contributed by atoms with Gasteiger partial charge in [-0.25, -0.2) is 0 Å². The van der Waals surface area contributed by atoms with Crippen molar-refractivity contribution >= 4 is 17.6 Å². The number of rotatable bonds is 3. The highest BCUT2D eigenvalue weighted by Crippen LogP contribution is 2.02. The van der Waals surface area contributed by atoms with E-state index < -0.39 is 0 Å². The Labute approximate surface area is 56.6 Å². The van der Waals surface area contributed by atoms with Crippen LogP contribution in [0, 0.1) is 0 Å². The summed E-state index contributed by atoms with van der Waals surface area (Å²) in [5.41, 5.74) is 1.43. The molecule has 0 heterocycles. The molecule has 0 radical (unpaired) electrons. The van der Waals surface area contributed by atoms with E-state index >= 15 is 0 Å². The molecule has 0 aromatic rings. The maximum atomic E-state index is 4.66. The van der Waals surface area contributed by atoms with Crippen LogP contribution in [0.15, 0.2) is 11.6 Å². The third-order valence-corrected chi connectivity index (χ3v) is 1.35. The van der Waals surface area contributed by atoms with Crippen molar-refractivity contribution in [3.63, 3.8) is 0 Å². The van der Waals surface area contributed by atoms with E-state index in [-0.39, 0.29) is 0 Å². The van der Waals surface area contributed by atoms with Gasteiger partial charge in [0.25, 0.3) is 0 Å². The minimum absolute atomic E-state index is 1.13. The lowest BCUT2D eigenvalue weighted by Crippen LogP contribution is -1.75. The number of hydrogen-bond acceptors (Lipinski definition) is 1. The van der Waals surface area contributed by atoms with Crippen molar-refractivity contribution in [3.8, 4) is 0 Å². The minimum Gasteiger partial charge on any atom is -0.0887 e. The van der Waals surface area contributed by atoms with E-state index in [1.54, 1.807) is 5.37 Å². The van der Waals surface area contributed by atoms with Gasteiger partial charge >= 0.3 is 0 Å². The topological polar surface area (TPSA) is 0 Å². The molecule has 0 saturated carbocycles. The first-order valence-corrected chi connectivity index (χ1v) is 3.45. The summed E-state index contributed by atoms with van der Waals surface area (Å²) in [5.74, 6) is 0. The van der Waals surface area contributed by atoms with Crippen molar-refractivity contribution in [1.82, 2.24) is 0 Å². The summed E-state index contributed by atoms with van der Waals surface area (Å²) in [6.45, 7) is 4.29. The Morgan fingerprint density at radius 2 is 1.88 bits per heavy atom. The average Bonchev–Trinajstić information content (AvgIpc) is 1.83. The fourth-order valence-electron chi connectivity index (χ4n) is 0.582. The monoisotopic (exact) mass is 128 g/mol. The van der Waals surface area contributed by atoms with Crippen LogP contribution in [0.2, 0.25) is 0 Å². The van der Waals surface area contributed by atoms with E-state index in [1.165, 1.54) is 5.57 Å². The van der Waals surface area contributed by atoms with Gasteiger partial charge in [0.15, 0.2) is 0 Å². The van der Waals surface area contributed by atoms with Crippen molar-refractivity contribution in [1.29, 1.82) is 0 Å². The van der Waals surface area contributed by atoms with Crippen LogP contribution in [-0.2, 0) is 0 Å². The second kappa shape index (κ2) is 4.98. The Hall–Kier alpha value is -0.170. The van der Waals surface area contributed by atoms with E-state index in [4.69, 9.17) is 0 Å². The van der Waals surface area contributed by atoms with E-state index in [2.05, 4.69) is 26.1 Å². The molecule has 0 aromatic heterocycles. The van der Waals surface area contributed by atoms with Gasteiger partial charge in [-0.05, 0) is 12.8 Å². The molecular formula is C7H12S. The normalized spacial score (nSPS) is 8.25. The zero-order valence-electron chi connectivity index (χ0n) is 5.48. The molecule has 0 aromatic carbocycles. The van der Waals surface area contributed by atoms with E-state index in [0.717, 1.165) is 12.8 Å². The van der Waals surface area contributed by atoms with Crippen LogP contribution in [0.25, 0.3) is 0 Å².